The summed E-state index contributed by atoms with van der Waals surface area (Å²) in [7, 11) is 1.66. The normalized spacial score (nSPS) is 17.5. The molecule has 2 heterocycles. The van der Waals surface area contributed by atoms with Crippen LogP contribution in [-0.4, -0.2) is 39.2 Å². The van der Waals surface area contributed by atoms with Gasteiger partial charge in [0.1, 0.15) is 23.1 Å². The van der Waals surface area contributed by atoms with Crippen LogP contribution in [0.25, 0.3) is 0 Å². The van der Waals surface area contributed by atoms with Crippen LogP contribution in [0.1, 0.15) is 37.0 Å². The molecule has 0 unspecified atom stereocenters. The first kappa shape index (κ1) is 15.8. The van der Waals surface area contributed by atoms with Crippen molar-refractivity contribution >= 4 is 0 Å². The minimum Gasteiger partial charge on any atom is -0.497 e. The van der Waals surface area contributed by atoms with Crippen molar-refractivity contribution in [3.05, 3.63) is 35.4 Å². The summed E-state index contributed by atoms with van der Waals surface area (Å²) in [5.74, 6) is 3.39. The molecule has 23 heavy (non-hydrogen) atoms. The highest BCUT2D eigenvalue weighted by molar-refractivity contribution is 5.42. The smallest absolute Gasteiger partial charge is 0.147 e. The highest BCUT2D eigenvalue weighted by atomic mass is 16.5. The third-order valence-electron chi connectivity index (χ3n) is 3.88. The van der Waals surface area contributed by atoms with Crippen LogP contribution < -0.4 is 9.47 Å². The summed E-state index contributed by atoms with van der Waals surface area (Å²) in [6, 6.07) is 5.85. The van der Waals surface area contributed by atoms with Crippen molar-refractivity contribution in [1.82, 2.24) is 14.8 Å². The summed E-state index contributed by atoms with van der Waals surface area (Å²) in [6.45, 7) is 6.37. The van der Waals surface area contributed by atoms with Gasteiger partial charge in [0.05, 0.1) is 31.8 Å². The molecular weight excluding hydrogens is 294 g/mol. The number of nitrogens with zero attached hydrogens (tertiary/aromatic N) is 3. The molecule has 1 aliphatic rings. The summed E-state index contributed by atoms with van der Waals surface area (Å²) in [4.78, 5) is 4.56. The van der Waals surface area contributed by atoms with Crippen molar-refractivity contribution in [2.75, 3.05) is 13.7 Å². The molecule has 0 saturated carbocycles. The second-order valence-corrected chi connectivity index (χ2v) is 6.67. The van der Waals surface area contributed by atoms with E-state index in [4.69, 9.17) is 9.47 Å². The molecule has 0 saturated heterocycles. The van der Waals surface area contributed by atoms with E-state index in [0.717, 1.165) is 29.3 Å². The van der Waals surface area contributed by atoms with E-state index in [1.807, 2.05) is 25.1 Å². The third-order valence-corrected chi connectivity index (χ3v) is 3.88. The number of rotatable bonds is 4. The Hall–Kier alpha value is -2.08. The minimum atomic E-state index is -0.842. The third kappa shape index (κ3) is 3.47. The molecule has 1 aromatic carbocycles. The highest BCUT2D eigenvalue weighted by Crippen LogP contribution is 2.34. The van der Waals surface area contributed by atoms with E-state index in [1.165, 1.54) is 0 Å². The molecule has 0 aliphatic carbocycles. The van der Waals surface area contributed by atoms with Gasteiger partial charge in [-0.1, -0.05) is 0 Å². The van der Waals surface area contributed by atoms with Gasteiger partial charge in [0.15, 0.2) is 0 Å². The van der Waals surface area contributed by atoms with Gasteiger partial charge in [0.2, 0.25) is 0 Å². The lowest BCUT2D eigenvalue weighted by atomic mass is 9.95. The van der Waals surface area contributed by atoms with E-state index >= 15 is 0 Å². The molecule has 6 nitrogen and oxygen atoms in total. The zero-order valence-corrected chi connectivity index (χ0v) is 14.0. The summed E-state index contributed by atoms with van der Waals surface area (Å²) in [5.41, 5.74) is 0.266. The molecule has 124 valence electrons. The summed E-state index contributed by atoms with van der Waals surface area (Å²) >= 11 is 0. The quantitative estimate of drug-likeness (QED) is 0.935. The Balaban J connectivity index is 1.88. The highest BCUT2D eigenvalue weighted by Gasteiger charge is 2.28. The number of hydrogen-bond acceptors (Lipinski definition) is 5. The van der Waals surface area contributed by atoms with Crippen LogP contribution in [0.5, 0.6) is 11.5 Å². The van der Waals surface area contributed by atoms with Gasteiger partial charge in [-0.05, 0) is 51.0 Å². The van der Waals surface area contributed by atoms with Crippen LogP contribution in [-0.2, 0) is 13.0 Å². The Kier molecular flexibility index (Phi) is 4.02. The standard InChI is InChI=1S/C17H23N3O3/c1-11-18-16(20(19-11)10-17(2,3)21)13-7-12-8-14(22-4)5-6-15(12)23-9-13/h5-6,8,13,21H,7,9-10H2,1-4H3/t13-/m1/s1. The SMILES string of the molecule is COc1ccc2c(c1)C[C@@H](c1nc(C)nn1CC(C)(C)O)CO2. The lowest BCUT2D eigenvalue weighted by Crippen LogP contribution is -2.30. The number of aliphatic hydroxyl groups is 1. The second kappa shape index (κ2) is 5.85. The molecule has 0 amide bonds. The van der Waals surface area contributed by atoms with Gasteiger partial charge in [-0.2, -0.15) is 5.10 Å². The summed E-state index contributed by atoms with van der Waals surface area (Å²) in [6.07, 6.45) is 0.816. The fraction of sp³-hybridized carbons (Fsp3) is 0.529. The maximum Gasteiger partial charge on any atom is 0.147 e. The number of aryl methyl sites for hydroxylation is 1. The van der Waals surface area contributed by atoms with E-state index in [0.29, 0.717) is 19.0 Å². The topological polar surface area (TPSA) is 69.4 Å². The first-order valence-electron chi connectivity index (χ1n) is 7.79. The zero-order valence-electron chi connectivity index (χ0n) is 14.0. The fourth-order valence-corrected chi connectivity index (χ4v) is 2.92. The van der Waals surface area contributed by atoms with Crippen molar-refractivity contribution in [1.29, 1.82) is 0 Å². The number of ether oxygens (including phenoxy) is 2. The minimum absolute atomic E-state index is 0.109. The van der Waals surface area contributed by atoms with E-state index < -0.39 is 5.60 Å². The predicted molar refractivity (Wildman–Crippen MR) is 86.0 cm³/mol. The van der Waals surface area contributed by atoms with Crippen molar-refractivity contribution in [3.63, 3.8) is 0 Å². The van der Waals surface area contributed by atoms with Gasteiger partial charge < -0.3 is 14.6 Å². The monoisotopic (exact) mass is 317 g/mol. The second-order valence-electron chi connectivity index (χ2n) is 6.67. The zero-order chi connectivity index (χ0) is 16.6. The molecule has 3 rings (SSSR count). The fourth-order valence-electron chi connectivity index (χ4n) is 2.92. The Morgan fingerprint density at radius 3 is 2.91 bits per heavy atom. The molecule has 0 radical (unpaired) electrons. The molecule has 1 aromatic heterocycles. The Morgan fingerprint density at radius 1 is 1.43 bits per heavy atom. The average Bonchev–Trinajstić information content (AvgIpc) is 2.84. The molecule has 6 heteroatoms. The number of methoxy groups -OCH3 is 1. The first-order chi connectivity index (χ1) is 10.9. The number of benzene rings is 1. The van der Waals surface area contributed by atoms with E-state index in [2.05, 4.69) is 10.1 Å². The predicted octanol–water partition coefficient (Wildman–Crippen LogP) is 2.08. The van der Waals surface area contributed by atoms with Crippen LogP contribution in [0.3, 0.4) is 0 Å². The van der Waals surface area contributed by atoms with Crippen LogP contribution in [0.15, 0.2) is 18.2 Å². The average molecular weight is 317 g/mol. The Morgan fingerprint density at radius 2 is 2.22 bits per heavy atom. The van der Waals surface area contributed by atoms with Crippen molar-refractivity contribution in [2.45, 2.75) is 45.3 Å². The van der Waals surface area contributed by atoms with Crippen LogP contribution in [0, 0.1) is 6.92 Å². The largest absolute Gasteiger partial charge is 0.497 e. The first-order valence-corrected chi connectivity index (χ1v) is 7.79. The van der Waals surface area contributed by atoms with Crippen LogP contribution in [0.4, 0.5) is 0 Å². The van der Waals surface area contributed by atoms with Crippen molar-refractivity contribution < 1.29 is 14.6 Å². The van der Waals surface area contributed by atoms with Gasteiger partial charge >= 0.3 is 0 Å². The lowest BCUT2D eigenvalue weighted by molar-refractivity contribution is 0.0556. The van der Waals surface area contributed by atoms with E-state index in [9.17, 15) is 5.11 Å². The van der Waals surface area contributed by atoms with E-state index in [1.54, 1.807) is 25.6 Å². The molecule has 0 bridgehead atoms. The molecule has 1 aliphatic heterocycles. The van der Waals surface area contributed by atoms with Gasteiger partial charge in [0.25, 0.3) is 0 Å². The summed E-state index contributed by atoms with van der Waals surface area (Å²) < 4.78 is 13.0. The Labute approximate surface area is 136 Å². The molecule has 0 spiro atoms. The van der Waals surface area contributed by atoms with Gasteiger partial charge in [-0.25, -0.2) is 9.67 Å². The lowest BCUT2D eigenvalue weighted by Gasteiger charge is -2.26. The molecule has 2 aromatic rings. The maximum absolute atomic E-state index is 10.1. The van der Waals surface area contributed by atoms with Gasteiger partial charge in [-0.15, -0.1) is 0 Å². The summed E-state index contributed by atoms with van der Waals surface area (Å²) in [5, 5.41) is 14.5. The van der Waals surface area contributed by atoms with Crippen LogP contribution in [0.2, 0.25) is 0 Å². The molecule has 1 atom stereocenters. The number of aromatic nitrogens is 3. The molecule has 0 fully saturated rings. The molecular formula is C17H23N3O3. The van der Waals surface area contributed by atoms with Gasteiger partial charge in [0, 0.05) is 0 Å². The maximum atomic E-state index is 10.1. The number of hydrogen-bond donors (Lipinski definition) is 1. The molecule has 1 N–H and O–H groups in total. The Bertz CT molecular complexity index is 704. The van der Waals surface area contributed by atoms with Crippen molar-refractivity contribution in [2.24, 2.45) is 0 Å². The van der Waals surface area contributed by atoms with E-state index in [-0.39, 0.29) is 5.92 Å². The van der Waals surface area contributed by atoms with Crippen molar-refractivity contribution in [3.8, 4) is 11.5 Å². The van der Waals surface area contributed by atoms with Gasteiger partial charge in [-0.3, -0.25) is 0 Å². The number of fused-ring (bicyclic) bond motifs is 1. The van der Waals surface area contributed by atoms with Crippen LogP contribution >= 0.6 is 0 Å².